The van der Waals surface area contributed by atoms with Crippen molar-refractivity contribution in [2.45, 2.75) is 51.7 Å². The largest absolute Gasteiger partial charge is 0.462 e. The van der Waals surface area contributed by atoms with Crippen LogP contribution in [0.3, 0.4) is 0 Å². The minimum Gasteiger partial charge on any atom is -0.462 e. The molecule has 0 spiro atoms. The average molecular weight is 491 g/mol. The maximum atomic E-state index is 13.3. The molecular weight excluding hydrogens is 460 g/mol. The van der Waals surface area contributed by atoms with Crippen LogP contribution in [0.2, 0.25) is 5.02 Å². The third-order valence-electron chi connectivity index (χ3n) is 5.80. The number of aromatic nitrogens is 1. The molecule has 3 aromatic rings. The first-order chi connectivity index (χ1) is 16.7. The molecule has 2 N–H and O–H groups in total. The van der Waals surface area contributed by atoms with Gasteiger partial charge in [0.2, 0.25) is 5.88 Å². The summed E-state index contributed by atoms with van der Waals surface area (Å²) in [5.74, 6) is 0.0562. The number of hydrogen-bond donors (Lipinski definition) is 2. The Bertz CT molecular complexity index is 1170. The summed E-state index contributed by atoms with van der Waals surface area (Å²) in [5, 5.41) is 16.4. The normalized spacial score (nSPS) is 12.8. The number of halogens is 1. The SMILES string of the molecule is CCNc1ccc(OC(C)(C)C(=O)NC(C)C(Cc2ccc(Cl)cc2)c2cccc(C#N)c2)nc1. The molecule has 3 rings (SSSR count). The van der Waals surface area contributed by atoms with Crippen LogP contribution in [-0.4, -0.2) is 29.1 Å². The Balaban J connectivity index is 1.78. The van der Waals surface area contributed by atoms with Crippen LogP contribution in [-0.2, 0) is 11.2 Å². The predicted octanol–water partition coefficient (Wildman–Crippen LogP) is 5.73. The molecule has 0 fully saturated rings. The van der Waals surface area contributed by atoms with Crippen LogP contribution in [0.15, 0.2) is 66.9 Å². The van der Waals surface area contributed by atoms with E-state index in [4.69, 9.17) is 16.3 Å². The zero-order chi connectivity index (χ0) is 25.4. The van der Waals surface area contributed by atoms with Crippen LogP contribution in [0.5, 0.6) is 5.88 Å². The van der Waals surface area contributed by atoms with Crippen LogP contribution in [0.25, 0.3) is 0 Å². The van der Waals surface area contributed by atoms with Gasteiger partial charge in [0.15, 0.2) is 5.60 Å². The Morgan fingerprint density at radius 2 is 1.91 bits per heavy atom. The van der Waals surface area contributed by atoms with Gasteiger partial charge in [-0.2, -0.15) is 5.26 Å². The summed E-state index contributed by atoms with van der Waals surface area (Å²) in [6.07, 6.45) is 2.35. The van der Waals surface area contributed by atoms with Crippen LogP contribution < -0.4 is 15.4 Å². The number of amides is 1. The first-order valence-electron chi connectivity index (χ1n) is 11.7. The molecule has 0 bridgehead atoms. The smallest absolute Gasteiger partial charge is 0.263 e. The van der Waals surface area contributed by atoms with Gasteiger partial charge in [-0.15, -0.1) is 0 Å². The van der Waals surface area contributed by atoms with Gasteiger partial charge in [-0.3, -0.25) is 4.79 Å². The topological polar surface area (TPSA) is 87.0 Å². The molecule has 0 aliphatic rings. The molecule has 6 nitrogen and oxygen atoms in total. The van der Waals surface area contributed by atoms with Crippen molar-refractivity contribution >= 4 is 23.2 Å². The van der Waals surface area contributed by atoms with E-state index in [2.05, 4.69) is 21.7 Å². The van der Waals surface area contributed by atoms with E-state index >= 15 is 0 Å². The number of anilines is 1. The second-order valence-corrected chi connectivity index (χ2v) is 9.40. The van der Waals surface area contributed by atoms with E-state index < -0.39 is 5.60 Å². The molecule has 2 atom stereocenters. The highest BCUT2D eigenvalue weighted by atomic mass is 35.5. The van der Waals surface area contributed by atoms with Crippen molar-refractivity contribution in [2.75, 3.05) is 11.9 Å². The average Bonchev–Trinajstić information content (AvgIpc) is 2.84. The van der Waals surface area contributed by atoms with Crippen LogP contribution in [0.4, 0.5) is 5.69 Å². The highest BCUT2D eigenvalue weighted by molar-refractivity contribution is 6.30. The zero-order valence-electron chi connectivity index (χ0n) is 20.5. The molecule has 0 saturated heterocycles. The summed E-state index contributed by atoms with van der Waals surface area (Å²) in [4.78, 5) is 17.6. The standard InChI is InChI=1S/C28H31ClN4O2/c1-5-31-24-13-14-26(32-18-24)35-28(3,4)27(34)33-19(2)25(16-20-9-11-23(29)12-10-20)22-8-6-7-21(15-22)17-30/h6-15,18-19,25,31H,5,16H2,1-4H3,(H,33,34). The van der Waals surface area contributed by atoms with Crippen molar-refractivity contribution in [1.29, 1.82) is 5.26 Å². The molecule has 2 unspecified atom stereocenters. The summed E-state index contributed by atoms with van der Waals surface area (Å²) >= 11 is 6.06. The summed E-state index contributed by atoms with van der Waals surface area (Å²) < 4.78 is 5.94. The lowest BCUT2D eigenvalue weighted by molar-refractivity contribution is -0.135. The fraction of sp³-hybridized carbons (Fsp3) is 0.321. The van der Waals surface area contributed by atoms with Crippen LogP contribution in [0, 0.1) is 11.3 Å². The Morgan fingerprint density at radius 3 is 2.54 bits per heavy atom. The van der Waals surface area contributed by atoms with Gasteiger partial charge >= 0.3 is 0 Å². The monoisotopic (exact) mass is 490 g/mol. The number of carbonyl (C=O) groups is 1. The molecule has 0 aliphatic heterocycles. The lowest BCUT2D eigenvalue weighted by Crippen LogP contribution is -2.51. The van der Waals surface area contributed by atoms with E-state index in [0.29, 0.717) is 22.9 Å². The minimum atomic E-state index is -1.14. The Kier molecular flexibility index (Phi) is 8.73. The maximum absolute atomic E-state index is 13.3. The predicted molar refractivity (Wildman–Crippen MR) is 140 cm³/mol. The molecule has 2 aromatic carbocycles. The second kappa shape index (κ2) is 11.7. The number of ether oxygens (including phenoxy) is 1. The van der Waals surface area contributed by atoms with E-state index in [1.807, 2.05) is 62.4 Å². The van der Waals surface area contributed by atoms with Crippen molar-refractivity contribution < 1.29 is 9.53 Å². The maximum Gasteiger partial charge on any atom is 0.263 e. The van der Waals surface area contributed by atoms with Crippen molar-refractivity contribution in [3.63, 3.8) is 0 Å². The minimum absolute atomic E-state index is 0.0678. The molecule has 0 radical (unpaired) electrons. The van der Waals surface area contributed by atoms with E-state index in [1.165, 1.54) is 0 Å². The fourth-order valence-corrected chi connectivity index (χ4v) is 3.96. The third kappa shape index (κ3) is 7.21. The summed E-state index contributed by atoms with van der Waals surface area (Å²) in [6, 6.07) is 20.8. The Labute approximate surface area is 212 Å². The lowest BCUT2D eigenvalue weighted by atomic mass is 9.85. The number of pyridine rings is 1. The highest BCUT2D eigenvalue weighted by Gasteiger charge is 2.33. The van der Waals surface area contributed by atoms with Crippen LogP contribution >= 0.6 is 11.6 Å². The zero-order valence-corrected chi connectivity index (χ0v) is 21.3. The lowest BCUT2D eigenvalue weighted by Gasteiger charge is -2.30. The van der Waals surface area contributed by atoms with Crippen LogP contribution in [0.1, 0.15) is 50.3 Å². The van der Waals surface area contributed by atoms with Crippen molar-refractivity contribution in [3.8, 4) is 11.9 Å². The molecule has 1 aromatic heterocycles. The van der Waals surface area contributed by atoms with Crippen molar-refractivity contribution in [3.05, 3.63) is 88.6 Å². The van der Waals surface area contributed by atoms with Gasteiger partial charge in [0.05, 0.1) is 23.5 Å². The van der Waals surface area contributed by atoms with Gasteiger partial charge in [-0.05, 0) is 75.6 Å². The molecule has 0 aliphatic carbocycles. The number of nitriles is 1. The number of nitrogens with zero attached hydrogens (tertiary/aromatic N) is 2. The number of carbonyl (C=O) groups excluding carboxylic acids is 1. The second-order valence-electron chi connectivity index (χ2n) is 8.96. The van der Waals surface area contributed by atoms with Gasteiger partial charge in [-0.1, -0.05) is 35.9 Å². The molecule has 1 heterocycles. The van der Waals surface area contributed by atoms with E-state index in [-0.39, 0.29) is 17.9 Å². The van der Waals surface area contributed by atoms with Gasteiger partial charge in [0.25, 0.3) is 5.91 Å². The Morgan fingerprint density at radius 1 is 1.17 bits per heavy atom. The van der Waals surface area contributed by atoms with E-state index in [0.717, 1.165) is 23.4 Å². The van der Waals surface area contributed by atoms with E-state index in [9.17, 15) is 10.1 Å². The van der Waals surface area contributed by atoms with Gasteiger partial charge in [0.1, 0.15) is 0 Å². The van der Waals surface area contributed by atoms with Crippen molar-refractivity contribution in [1.82, 2.24) is 10.3 Å². The third-order valence-corrected chi connectivity index (χ3v) is 6.05. The quantitative estimate of drug-likeness (QED) is 0.379. The van der Waals surface area contributed by atoms with Gasteiger partial charge < -0.3 is 15.4 Å². The first kappa shape index (κ1) is 26.1. The van der Waals surface area contributed by atoms with Crippen molar-refractivity contribution in [2.24, 2.45) is 0 Å². The summed E-state index contributed by atoms with van der Waals surface area (Å²) in [6.45, 7) is 8.22. The first-order valence-corrected chi connectivity index (χ1v) is 12.0. The summed E-state index contributed by atoms with van der Waals surface area (Å²) in [7, 11) is 0. The number of nitrogens with one attached hydrogen (secondary N) is 2. The highest BCUT2D eigenvalue weighted by Crippen LogP contribution is 2.27. The van der Waals surface area contributed by atoms with E-state index in [1.54, 1.807) is 32.2 Å². The molecule has 182 valence electrons. The molecule has 1 amide bonds. The van der Waals surface area contributed by atoms with Gasteiger partial charge in [0, 0.05) is 29.6 Å². The Hall–Kier alpha value is -3.56. The molecule has 35 heavy (non-hydrogen) atoms. The molecule has 7 heteroatoms. The number of rotatable bonds is 10. The fourth-order valence-electron chi connectivity index (χ4n) is 3.83. The molecular formula is C28H31ClN4O2. The molecule has 0 saturated carbocycles. The van der Waals surface area contributed by atoms with Gasteiger partial charge in [-0.25, -0.2) is 4.98 Å². The summed E-state index contributed by atoms with van der Waals surface area (Å²) in [5.41, 5.74) is 2.40. The number of benzene rings is 2. The number of hydrogen-bond acceptors (Lipinski definition) is 5.